The molecule has 1 aromatic heterocycles. The average molecular weight is 250 g/mol. The van der Waals surface area contributed by atoms with Crippen molar-refractivity contribution in [2.75, 3.05) is 7.11 Å². The molecule has 0 spiro atoms. The van der Waals surface area contributed by atoms with Gasteiger partial charge in [0.15, 0.2) is 11.6 Å². The smallest absolute Gasteiger partial charge is 0.165 e. The van der Waals surface area contributed by atoms with Gasteiger partial charge in [0, 0.05) is 25.9 Å². The monoisotopic (exact) mass is 250 g/mol. The number of halogens is 1. The number of nitrogens with zero attached hydrogens (tertiary/aromatic N) is 2. The number of rotatable bonds is 4. The predicted molar refractivity (Wildman–Crippen MR) is 64.8 cm³/mol. The van der Waals surface area contributed by atoms with Crippen molar-refractivity contribution in [3.8, 4) is 5.75 Å². The summed E-state index contributed by atoms with van der Waals surface area (Å²) in [5.41, 5.74) is 0.510. The maximum Gasteiger partial charge on any atom is 0.165 e. The minimum Gasteiger partial charge on any atom is -0.494 e. The fourth-order valence-corrected chi connectivity index (χ4v) is 1.77. The van der Waals surface area contributed by atoms with Gasteiger partial charge in [0.05, 0.1) is 13.2 Å². The van der Waals surface area contributed by atoms with Gasteiger partial charge in [0.25, 0.3) is 0 Å². The maximum atomic E-state index is 13.5. The molecule has 0 amide bonds. The van der Waals surface area contributed by atoms with Crippen molar-refractivity contribution in [3.63, 3.8) is 0 Å². The molecule has 96 valence electrons. The third kappa shape index (κ3) is 2.51. The highest BCUT2D eigenvalue weighted by Gasteiger charge is 2.13. The van der Waals surface area contributed by atoms with Crippen LogP contribution in [0.4, 0.5) is 4.39 Å². The van der Waals surface area contributed by atoms with Crippen molar-refractivity contribution in [2.45, 2.75) is 12.5 Å². The summed E-state index contributed by atoms with van der Waals surface area (Å²) in [6.07, 6.45) is 3.02. The number of hydrogen-bond donors (Lipinski definition) is 1. The molecule has 0 aliphatic heterocycles. The van der Waals surface area contributed by atoms with E-state index in [1.54, 1.807) is 18.5 Å². The number of aromatic nitrogens is 2. The second-order valence-electron chi connectivity index (χ2n) is 4.07. The second kappa shape index (κ2) is 5.18. The first-order valence-electron chi connectivity index (χ1n) is 5.59. The Morgan fingerprint density at radius 3 is 2.83 bits per heavy atom. The van der Waals surface area contributed by atoms with Crippen molar-refractivity contribution >= 4 is 0 Å². The minimum atomic E-state index is -0.786. The van der Waals surface area contributed by atoms with E-state index in [1.165, 1.54) is 19.2 Å². The number of ether oxygens (including phenoxy) is 1. The van der Waals surface area contributed by atoms with Crippen LogP contribution >= 0.6 is 0 Å². The summed E-state index contributed by atoms with van der Waals surface area (Å²) in [6.45, 7) is 0. The zero-order chi connectivity index (χ0) is 13.1. The first-order chi connectivity index (χ1) is 8.61. The fourth-order valence-electron chi connectivity index (χ4n) is 1.77. The van der Waals surface area contributed by atoms with Crippen LogP contribution in [0.3, 0.4) is 0 Å². The number of methoxy groups -OCH3 is 1. The molecule has 0 fully saturated rings. The number of aryl methyl sites for hydroxylation is 1. The lowest BCUT2D eigenvalue weighted by molar-refractivity contribution is 0.174. The van der Waals surface area contributed by atoms with E-state index < -0.39 is 11.9 Å². The van der Waals surface area contributed by atoms with Gasteiger partial charge in [0.2, 0.25) is 0 Å². The molecule has 0 bridgehead atoms. The van der Waals surface area contributed by atoms with Gasteiger partial charge in [-0.1, -0.05) is 6.07 Å². The fraction of sp³-hybridized carbons (Fsp3) is 0.308. The Bertz CT molecular complexity index is 540. The molecule has 0 aliphatic carbocycles. The Morgan fingerprint density at radius 1 is 1.50 bits per heavy atom. The highest BCUT2D eigenvalue weighted by Crippen LogP contribution is 2.23. The third-order valence-corrected chi connectivity index (χ3v) is 2.86. The summed E-state index contributed by atoms with van der Waals surface area (Å²) in [4.78, 5) is 4.12. The second-order valence-corrected chi connectivity index (χ2v) is 4.07. The Balaban J connectivity index is 2.16. The van der Waals surface area contributed by atoms with E-state index in [1.807, 2.05) is 11.6 Å². The summed E-state index contributed by atoms with van der Waals surface area (Å²) in [6, 6.07) is 4.44. The van der Waals surface area contributed by atoms with Crippen LogP contribution in [0.5, 0.6) is 5.75 Å². The molecule has 0 saturated heterocycles. The topological polar surface area (TPSA) is 47.3 Å². The predicted octanol–water partition coefficient (Wildman–Crippen LogP) is 1.84. The van der Waals surface area contributed by atoms with E-state index in [-0.39, 0.29) is 5.75 Å². The molecule has 1 heterocycles. The Kier molecular flexibility index (Phi) is 3.62. The molecule has 5 heteroatoms. The van der Waals surface area contributed by atoms with E-state index in [0.29, 0.717) is 12.0 Å². The molecule has 1 N–H and O–H groups in total. The first kappa shape index (κ1) is 12.6. The molecule has 1 unspecified atom stereocenters. The summed E-state index contributed by atoms with van der Waals surface area (Å²) >= 11 is 0. The van der Waals surface area contributed by atoms with E-state index in [9.17, 15) is 9.50 Å². The van der Waals surface area contributed by atoms with Gasteiger partial charge in [-0.15, -0.1) is 0 Å². The number of aliphatic hydroxyl groups excluding tert-OH is 1. The Morgan fingerprint density at radius 2 is 2.28 bits per heavy atom. The lowest BCUT2D eigenvalue weighted by atomic mass is 10.1. The van der Waals surface area contributed by atoms with Crippen LogP contribution in [0.15, 0.2) is 30.6 Å². The Labute approximate surface area is 105 Å². The molecule has 0 aliphatic rings. The largest absolute Gasteiger partial charge is 0.494 e. The van der Waals surface area contributed by atoms with Crippen molar-refractivity contribution in [3.05, 3.63) is 47.8 Å². The van der Waals surface area contributed by atoms with Crippen LogP contribution in [0.2, 0.25) is 0 Å². The van der Waals surface area contributed by atoms with Gasteiger partial charge >= 0.3 is 0 Å². The van der Waals surface area contributed by atoms with Crippen LogP contribution in [0.25, 0.3) is 0 Å². The van der Waals surface area contributed by atoms with Gasteiger partial charge in [-0.2, -0.15) is 0 Å². The molecule has 2 aromatic rings. The summed E-state index contributed by atoms with van der Waals surface area (Å²) in [5, 5.41) is 10.0. The zero-order valence-corrected chi connectivity index (χ0v) is 10.3. The number of benzene rings is 1. The quantitative estimate of drug-likeness (QED) is 0.900. The molecular weight excluding hydrogens is 235 g/mol. The van der Waals surface area contributed by atoms with E-state index >= 15 is 0 Å². The van der Waals surface area contributed by atoms with Gasteiger partial charge in [-0.3, -0.25) is 0 Å². The third-order valence-electron chi connectivity index (χ3n) is 2.86. The molecule has 1 aromatic carbocycles. The van der Waals surface area contributed by atoms with Gasteiger partial charge in [-0.25, -0.2) is 9.37 Å². The normalized spacial score (nSPS) is 12.4. The van der Waals surface area contributed by atoms with Gasteiger partial charge < -0.3 is 14.4 Å². The zero-order valence-electron chi connectivity index (χ0n) is 10.3. The number of aliphatic hydroxyl groups is 1. The summed E-state index contributed by atoms with van der Waals surface area (Å²) in [5.74, 6) is 0.440. The lowest BCUT2D eigenvalue weighted by Crippen LogP contribution is -2.07. The lowest BCUT2D eigenvalue weighted by Gasteiger charge is -2.12. The van der Waals surface area contributed by atoms with Crippen molar-refractivity contribution in [1.29, 1.82) is 0 Å². The van der Waals surface area contributed by atoms with Crippen LogP contribution in [-0.4, -0.2) is 21.8 Å². The highest BCUT2D eigenvalue weighted by molar-refractivity contribution is 5.30. The SMILES string of the molecule is COc1ccc(C(O)Cc2nccn2C)cc1F. The maximum absolute atomic E-state index is 13.5. The van der Waals surface area contributed by atoms with Crippen LogP contribution in [-0.2, 0) is 13.5 Å². The molecule has 0 radical (unpaired) electrons. The highest BCUT2D eigenvalue weighted by atomic mass is 19.1. The Hall–Kier alpha value is -1.88. The van der Waals surface area contributed by atoms with Crippen molar-refractivity contribution in [1.82, 2.24) is 9.55 Å². The van der Waals surface area contributed by atoms with E-state index in [4.69, 9.17) is 4.74 Å². The summed E-state index contributed by atoms with van der Waals surface area (Å²) < 4.78 is 20.2. The van der Waals surface area contributed by atoms with Gasteiger partial charge in [0.1, 0.15) is 5.82 Å². The minimum absolute atomic E-state index is 0.169. The van der Waals surface area contributed by atoms with Crippen molar-refractivity contribution in [2.24, 2.45) is 7.05 Å². The molecular formula is C13H15FN2O2. The van der Waals surface area contributed by atoms with Crippen LogP contribution in [0, 0.1) is 5.82 Å². The molecule has 18 heavy (non-hydrogen) atoms. The standard InChI is InChI=1S/C13H15FN2O2/c1-16-6-5-15-13(16)8-11(17)9-3-4-12(18-2)10(14)7-9/h3-7,11,17H,8H2,1-2H3. The molecule has 2 rings (SSSR count). The average Bonchev–Trinajstić information content (AvgIpc) is 2.75. The molecule has 4 nitrogen and oxygen atoms in total. The van der Waals surface area contributed by atoms with Crippen LogP contribution < -0.4 is 4.74 Å². The van der Waals surface area contributed by atoms with Gasteiger partial charge in [-0.05, 0) is 17.7 Å². The molecule has 0 saturated carbocycles. The van der Waals surface area contributed by atoms with Crippen molar-refractivity contribution < 1.29 is 14.2 Å². The number of imidazole rings is 1. The first-order valence-corrected chi connectivity index (χ1v) is 5.59. The number of hydrogen-bond acceptors (Lipinski definition) is 3. The summed E-state index contributed by atoms with van der Waals surface area (Å²) in [7, 11) is 3.26. The van der Waals surface area contributed by atoms with Crippen LogP contribution in [0.1, 0.15) is 17.5 Å². The molecule has 1 atom stereocenters. The van der Waals surface area contributed by atoms with E-state index in [2.05, 4.69) is 4.98 Å². The van der Waals surface area contributed by atoms with E-state index in [0.717, 1.165) is 5.82 Å².